The van der Waals surface area contributed by atoms with Crippen LogP contribution in [0.15, 0.2) is 43.0 Å². The molecule has 2 aliphatic rings. The van der Waals surface area contributed by atoms with Crippen LogP contribution in [0.25, 0.3) is 0 Å². The van der Waals surface area contributed by atoms with Gasteiger partial charge >= 0.3 is 0 Å². The third-order valence-electron chi connectivity index (χ3n) is 4.89. The highest BCUT2D eigenvalue weighted by molar-refractivity contribution is 6.02. The van der Waals surface area contributed by atoms with Crippen molar-refractivity contribution in [2.75, 3.05) is 18.4 Å². The molecule has 7 heteroatoms. The highest BCUT2D eigenvalue weighted by Gasteiger charge is 2.41. The molecule has 0 radical (unpaired) electrons. The molecule has 1 saturated heterocycles. The molecule has 1 aromatic carbocycles. The second-order valence-electron chi connectivity index (χ2n) is 6.68. The molecule has 130 valence electrons. The molecule has 1 atom stereocenters. The van der Waals surface area contributed by atoms with Crippen LogP contribution in [0.3, 0.4) is 0 Å². The quantitative estimate of drug-likeness (QED) is 0.887. The molecule has 2 amide bonds. The molecule has 25 heavy (non-hydrogen) atoms. The molecule has 2 aromatic rings. The number of nitrogens with zero attached hydrogens (tertiary/aromatic N) is 3. The molecule has 1 unspecified atom stereocenters. The highest BCUT2D eigenvalue weighted by Crippen LogP contribution is 2.30. The summed E-state index contributed by atoms with van der Waals surface area (Å²) in [5.41, 5.74) is 0.907. The summed E-state index contributed by atoms with van der Waals surface area (Å²) in [6.07, 6.45) is 7.36. The van der Waals surface area contributed by atoms with Gasteiger partial charge < -0.3 is 20.1 Å². The predicted molar refractivity (Wildman–Crippen MR) is 92.9 cm³/mol. The molecular formula is C18H21N5O2. The van der Waals surface area contributed by atoms with E-state index in [1.807, 2.05) is 33.9 Å². The molecule has 7 nitrogen and oxygen atoms in total. The molecule has 2 aliphatic heterocycles. The molecule has 1 spiro atoms. The molecule has 3 heterocycles. The minimum atomic E-state index is -0.575. The van der Waals surface area contributed by atoms with Gasteiger partial charge in [0.05, 0.1) is 18.4 Å². The maximum absolute atomic E-state index is 12.6. The van der Waals surface area contributed by atoms with Gasteiger partial charge in [0, 0.05) is 37.6 Å². The Morgan fingerprint density at radius 2 is 2.16 bits per heavy atom. The standard InChI is InChI=1S/C18H21N5O2/c24-16(6-10-22-11-8-19-13-22)23-9-3-7-18(12-23)20-15-5-2-1-4-14(15)17(25)21-18/h1-2,4-5,8,11,13,20H,3,6-7,9-10,12H2,(H,21,25). The van der Waals surface area contributed by atoms with Crippen LogP contribution in [0.5, 0.6) is 0 Å². The van der Waals surface area contributed by atoms with Gasteiger partial charge in [-0.1, -0.05) is 12.1 Å². The number of aromatic nitrogens is 2. The van der Waals surface area contributed by atoms with Crippen molar-refractivity contribution < 1.29 is 9.59 Å². The maximum atomic E-state index is 12.6. The average molecular weight is 339 g/mol. The Morgan fingerprint density at radius 3 is 3.00 bits per heavy atom. The lowest BCUT2D eigenvalue weighted by Gasteiger charge is -2.46. The van der Waals surface area contributed by atoms with E-state index in [1.165, 1.54) is 0 Å². The fourth-order valence-corrected chi connectivity index (χ4v) is 3.64. The smallest absolute Gasteiger partial charge is 0.255 e. The Balaban J connectivity index is 1.46. The number of rotatable bonds is 3. The van der Waals surface area contributed by atoms with E-state index >= 15 is 0 Å². The van der Waals surface area contributed by atoms with E-state index in [0.29, 0.717) is 25.1 Å². The van der Waals surface area contributed by atoms with Crippen molar-refractivity contribution >= 4 is 17.5 Å². The summed E-state index contributed by atoms with van der Waals surface area (Å²) < 4.78 is 1.90. The molecule has 4 rings (SSSR count). The van der Waals surface area contributed by atoms with Crippen LogP contribution >= 0.6 is 0 Å². The number of carbonyl (C=O) groups excluding carboxylic acids is 2. The second kappa shape index (κ2) is 6.23. The number of amides is 2. The SMILES string of the molecule is O=C1NC2(CCCN(C(=O)CCn3ccnc3)C2)Nc2ccccc21. The predicted octanol–water partition coefficient (Wildman–Crippen LogP) is 1.45. The number of hydrogen-bond donors (Lipinski definition) is 2. The molecule has 2 N–H and O–H groups in total. The summed E-state index contributed by atoms with van der Waals surface area (Å²) in [4.78, 5) is 30.9. The zero-order valence-corrected chi connectivity index (χ0v) is 13.9. The van der Waals surface area contributed by atoms with E-state index in [2.05, 4.69) is 15.6 Å². The van der Waals surface area contributed by atoms with E-state index in [4.69, 9.17) is 0 Å². The van der Waals surface area contributed by atoms with Crippen LogP contribution in [0.2, 0.25) is 0 Å². The van der Waals surface area contributed by atoms with Crippen LogP contribution in [-0.4, -0.2) is 45.0 Å². The second-order valence-corrected chi connectivity index (χ2v) is 6.68. The highest BCUT2D eigenvalue weighted by atomic mass is 16.2. The monoisotopic (exact) mass is 339 g/mol. The van der Waals surface area contributed by atoms with Gasteiger partial charge in [-0.25, -0.2) is 4.98 Å². The number of carbonyl (C=O) groups is 2. The van der Waals surface area contributed by atoms with Gasteiger partial charge in [0.15, 0.2) is 0 Å². The number of para-hydroxylation sites is 1. The van der Waals surface area contributed by atoms with Crippen molar-refractivity contribution in [2.45, 2.75) is 31.5 Å². The van der Waals surface area contributed by atoms with Gasteiger partial charge in [-0.15, -0.1) is 0 Å². The van der Waals surface area contributed by atoms with E-state index in [0.717, 1.165) is 25.1 Å². The zero-order valence-electron chi connectivity index (χ0n) is 13.9. The molecule has 1 fully saturated rings. The number of anilines is 1. The molecule has 0 saturated carbocycles. The van der Waals surface area contributed by atoms with Crippen LogP contribution in [0.1, 0.15) is 29.6 Å². The topological polar surface area (TPSA) is 79.3 Å². The summed E-state index contributed by atoms with van der Waals surface area (Å²) in [6, 6.07) is 7.48. The van der Waals surface area contributed by atoms with Crippen molar-refractivity contribution in [3.05, 3.63) is 48.5 Å². The normalized spacial score (nSPS) is 22.2. The van der Waals surface area contributed by atoms with Crippen LogP contribution in [-0.2, 0) is 11.3 Å². The van der Waals surface area contributed by atoms with Crippen LogP contribution in [0, 0.1) is 0 Å². The fourth-order valence-electron chi connectivity index (χ4n) is 3.64. The van der Waals surface area contributed by atoms with E-state index < -0.39 is 5.66 Å². The molecule has 0 aliphatic carbocycles. The van der Waals surface area contributed by atoms with Crippen molar-refractivity contribution in [3.63, 3.8) is 0 Å². The maximum Gasteiger partial charge on any atom is 0.255 e. The molecule has 1 aromatic heterocycles. The van der Waals surface area contributed by atoms with Gasteiger partial charge in [0.1, 0.15) is 5.66 Å². The number of fused-ring (bicyclic) bond motifs is 1. The number of likely N-dealkylation sites (tertiary alicyclic amines) is 1. The Hall–Kier alpha value is -2.83. The number of piperidine rings is 1. The third kappa shape index (κ3) is 3.09. The van der Waals surface area contributed by atoms with Gasteiger partial charge in [-0.2, -0.15) is 0 Å². The molecule has 0 bridgehead atoms. The summed E-state index contributed by atoms with van der Waals surface area (Å²) in [5.74, 6) is 0.0183. The number of nitrogens with one attached hydrogen (secondary N) is 2. The zero-order chi connectivity index (χ0) is 17.3. The Labute approximate surface area is 146 Å². The van der Waals surface area contributed by atoms with Crippen molar-refractivity contribution in [3.8, 4) is 0 Å². The summed E-state index contributed by atoms with van der Waals surface area (Å²) in [7, 11) is 0. The van der Waals surface area contributed by atoms with Crippen molar-refractivity contribution in [1.29, 1.82) is 0 Å². The van der Waals surface area contributed by atoms with E-state index in [9.17, 15) is 9.59 Å². The van der Waals surface area contributed by atoms with Gasteiger partial charge in [0.25, 0.3) is 5.91 Å². The first kappa shape index (κ1) is 15.7. The lowest BCUT2D eigenvalue weighted by Crippen LogP contribution is -2.66. The number of benzene rings is 1. The van der Waals surface area contributed by atoms with Gasteiger partial charge in [0.2, 0.25) is 5.91 Å². The number of hydrogen-bond acceptors (Lipinski definition) is 4. The van der Waals surface area contributed by atoms with E-state index in [1.54, 1.807) is 18.6 Å². The van der Waals surface area contributed by atoms with Gasteiger partial charge in [-0.05, 0) is 25.0 Å². The number of aryl methyl sites for hydroxylation is 1. The first-order chi connectivity index (χ1) is 12.2. The summed E-state index contributed by atoms with van der Waals surface area (Å²) in [6.45, 7) is 1.82. The Morgan fingerprint density at radius 1 is 1.28 bits per heavy atom. The van der Waals surface area contributed by atoms with Crippen LogP contribution in [0.4, 0.5) is 5.69 Å². The first-order valence-electron chi connectivity index (χ1n) is 8.58. The average Bonchev–Trinajstić information content (AvgIpc) is 3.13. The van der Waals surface area contributed by atoms with Crippen molar-refractivity contribution in [1.82, 2.24) is 19.8 Å². The van der Waals surface area contributed by atoms with E-state index in [-0.39, 0.29) is 11.8 Å². The lowest BCUT2D eigenvalue weighted by molar-refractivity contribution is -0.133. The van der Waals surface area contributed by atoms with Crippen molar-refractivity contribution in [2.24, 2.45) is 0 Å². The fraction of sp³-hybridized carbons (Fsp3) is 0.389. The van der Waals surface area contributed by atoms with Crippen LogP contribution < -0.4 is 10.6 Å². The molecular weight excluding hydrogens is 318 g/mol. The lowest BCUT2D eigenvalue weighted by atomic mass is 9.93. The van der Waals surface area contributed by atoms with Gasteiger partial charge in [-0.3, -0.25) is 9.59 Å². The Kier molecular flexibility index (Phi) is 3.91. The minimum Gasteiger partial charge on any atom is -0.361 e. The third-order valence-corrected chi connectivity index (χ3v) is 4.89. The Bertz CT molecular complexity index is 789. The summed E-state index contributed by atoms with van der Waals surface area (Å²) in [5, 5.41) is 6.54. The largest absolute Gasteiger partial charge is 0.361 e. The first-order valence-corrected chi connectivity index (χ1v) is 8.58. The minimum absolute atomic E-state index is 0.0814. The summed E-state index contributed by atoms with van der Waals surface area (Å²) >= 11 is 0. The number of imidazole rings is 1.